The Bertz CT molecular complexity index is 1490. The van der Waals surface area contributed by atoms with Gasteiger partial charge in [-0.25, -0.2) is 4.79 Å². The summed E-state index contributed by atoms with van der Waals surface area (Å²) in [5.41, 5.74) is 5.72. The van der Waals surface area contributed by atoms with Crippen LogP contribution in [0.15, 0.2) is 42.5 Å². The van der Waals surface area contributed by atoms with Gasteiger partial charge >= 0.3 is 5.97 Å². The summed E-state index contributed by atoms with van der Waals surface area (Å²) in [6.07, 6.45) is 15.9. The van der Waals surface area contributed by atoms with Gasteiger partial charge in [0.1, 0.15) is 0 Å². The molecule has 10 atom stereocenters. The molecule has 2 N–H and O–H groups in total. The average Bonchev–Trinajstić information content (AvgIpc) is 3.73. The van der Waals surface area contributed by atoms with Crippen LogP contribution in [0, 0.1) is 56.7 Å². The first-order valence-corrected chi connectivity index (χ1v) is 19.3. The molecule has 1 heterocycles. The molecule has 0 radical (unpaired) electrons. The molecule has 48 heavy (non-hydrogen) atoms. The van der Waals surface area contributed by atoms with E-state index in [1.807, 2.05) is 12.1 Å². The van der Waals surface area contributed by atoms with Crippen molar-refractivity contribution in [1.82, 2.24) is 10.6 Å². The van der Waals surface area contributed by atoms with Crippen molar-refractivity contribution in [2.24, 2.45) is 56.7 Å². The lowest BCUT2D eigenvalue weighted by Crippen LogP contribution is -2.66. The van der Waals surface area contributed by atoms with Gasteiger partial charge < -0.3 is 15.4 Å². The first-order valence-electron chi connectivity index (χ1n) is 19.3. The number of fused-ring (bicyclic) bond motifs is 7. The smallest absolute Gasteiger partial charge is 0.337 e. The van der Waals surface area contributed by atoms with Crippen molar-refractivity contribution in [3.05, 3.63) is 53.6 Å². The predicted octanol–water partition coefficient (Wildman–Crippen LogP) is 8.99. The monoisotopic (exact) mass is 654 g/mol. The molecule has 1 saturated heterocycles. The third kappa shape index (κ3) is 4.86. The number of hydrogen-bond donors (Lipinski definition) is 2. The Morgan fingerprint density at radius 2 is 1.67 bits per heavy atom. The molecule has 6 aliphatic rings. The van der Waals surface area contributed by atoms with E-state index in [9.17, 15) is 9.59 Å². The SMILES string of the molecule is C=C(C)[C@@H]1CC[C@]2(CNC(=O)[C@@H]3CCCN3)CC[C@]3(C)[C@H](CC[C@@H]4[C@@]5(C)CC=C(c6ccc(C(=O)OC)cc6)C(C)(C)[C@@H]5CC[C@]43C)[C@@H]12. The lowest BCUT2D eigenvalue weighted by Gasteiger charge is -2.72. The molecule has 5 aliphatic carbocycles. The lowest BCUT2D eigenvalue weighted by molar-refractivity contribution is -0.225. The molecule has 1 aliphatic heterocycles. The van der Waals surface area contributed by atoms with Crippen LogP contribution in [0.1, 0.15) is 128 Å². The zero-order valence-corrected chi connectivity index (χ0v) is 31.0. The van der Waals surface area contributed by atoms with Crippen LogP contribution in [0.3, 0.4) is 0 Å². The van der Waals surface area contributed by atoms with Crippen LogP contribution in [0.5, 0.6) is 0 Å². The number of carbonyl (C=O) groups excluding carboxylic acids is 2. The third-order valence-corrected chi connectivity index (χ3v) is 16.4. The molecule has 0 unspecified atom stereocenters. The van der Waals surface area contributed by atoms with E-state index in [0.29, 0.717) is 35.2 Å². The van der Waals surface area contributed by atoms with E-state index in [1.54, 1.807) is 0 Å². The Morgan fingerprint density at radius 3 is 2.33 bits per heavy atom. The molecular weight excluding hydrogens is 592 g/mol. The van der Waals surface area contributed by atoms with Crippen LogP contribution in [-0.4, -0.2) is 38.1 Å². The van der Waals surface area contributed by atoms with E-state index in [-0.39, 0.29) is 45.0 Å². The number of ether oxygens (including phenoxy) is 1. The van der Waals surface area contributed by atoms with Crippen molar-refractivity contribution in [3.63, 3.8) is 0 Å². The highest BCUT2D eigenvalue weighted by atomic mass is 16.5. The first kappa shape index (κ1) is 34.1. The number of esters is 1. The zero-order chi connectivity index (χ0) is 34.3. The number of amides is 1. The molecule has 5 fully saturated rings. The van der Waals surface area contributed by atoms with Gasteiger partial charge in [-0.1, -0.05) is 65.0 Å². The van der Waals surface area contributed by atoms with Gasteiger partial charge in [0.15, 0.2) is 0 Å². The molecule has 0 aromatic heterocycles. The fourth-order valence-corrected chi connectivity index (χ4v) is 13.9. The molecule has 1 amide bonds. The Labute approximate surface area is 290 Å². The van der Waals surface area contributed by atoms with E-state index in [0.717, 1.165) is 32.4 Å². The van der Waals surface area contributed by atoms with Gasteiger partial charge in [0.2, 0.25) is 5.91 Å². The second-order valence-electron chi connectivity index (χ2n) is 18.5. The van der Waals surface area contributed by atoms with E-state index in [2.05, 4.69) is 77.0 Å². The van der Waals surface area contributed by atoms with Gasteiger partial charge in [0.25, 0.3) is 0 Å². The quantitative estimate of drug-likeness (QED) is 0.237. The fourth-order valence-electron chi connectivity index (χ4n) is 13.9. The van der Waals surface area contributed by atoms with Crippen molar-refractivity contribution in [1.29, 1.82) is 0 Å². The van der Waals surface area contributed by atoms with Gasteiger partial charge in [-0.2, -0.15) is 0 Å². The highest BCUT2D eigenvalue weighted by molar-refractivity contribution is 5.90. The Hall–Kier alpha value is -2.40. The summed E-state index contributed by atoms with van der Waals surface area (Å²) in [5.74, 6) is 3.09. The minimum Gasteiger partial charge on any atom is -0.465 e. The van der Waals surface area contributed by atoms with Gasteiger partial charge in [-0.3, -0.25) is 4.79 Å². The van der Waals surface area contributed by atoms with Crippen LogP contribution < -0.4 is 10.6 Å². The normalized spacial score (nSPS) is 42.8. The number of hydrogen-bond acceptors (Lipinski definition) is 4. The number of benzene rings is 1. The second kappa shape index (κ2) is 11.8. The molecular formula is C43H62N2O3. The first-order chi connectivity index (χ1) is 22.7. The predicted molar refractivity (Wildman–Crippen MR) is 194 cm³/mol. The topological polar surface area (TPSA) is 67.4 Å². The maximum Gasteiger partial charge on any atom is 0.337 e. The summed E-state index contributed by atoms with van der Waals surface area (Å²) >= 11 is 0. The Kier molecular flexibility index (Phi) is 8.41. The molecule has 5 nitrogen and oxygen atoms in total. The summed E-state index contributed by atoms with van der Waals surface area (Å²) in [6, 6.07) is 8.09. The second-order valence-corrected chi connectivity index (χ2v) is 18.5. The van der Waals surface area contributed by atoms with Crippen LogP contribution >= 0.6 is 0 Å². The van der Waals surface area contributed by atoms with Crippen LogP contribution in [0.25, 0.3) is 5.57 Å². The van der Waals surface area contributed by atoms with Crippen LogP contribution in [-0.2, 0) is 9.53 Å². The minimum absolute atomic E-state index is 0.00847. The summed E-state index contributed by atoms with van der Waals surface area (Å²) < 4.78 is 4.96. The van der Waals surface area contributed by atoms with E-state index >= 15 is 0 Å². The standard InChI is InChI=1S/C43H62N2O3/c1-27(2)30-17-22-43(26-45-37(46)33-10-9-25-44-33)24-23-41(6)32(36(30)43)15-16-35-40(5)20-18-31(28-11-13-29(14-12-28)38(47)48-8)39(3,4)34(40)19-21-42(35,41)7/h11-14,18,30,32-36,44H,1,9-10,15-17,19-26H2,2-8H3,(H,45,46)/t30-,32+,33-,34-,35+,36+,40-,41+,42+,43+/m0/s1. The highest BCUT2D eigenvalue weighted by Gasteiger charge is 2.70. The summed E-state index contributed by atoms with van der Waals surface area (Å²) in [4.78, 5) is 25.4. The van der Waals surface area contributed by atoms with Crippen molar-refractivity contribution in [2.45, 2.75) is 118 Å². The van der Waals surface area contributed by atoms with Gasteiger partial charge in [0, 0.05) is 6.54 Å². The number of methoxy groups -OCH3 is 1. The van der Waals surface area contributed by atoms with Gasteiger partial charge in [-0.15, -0.1) is 0 Å². The number of carbonyl (C=O) groups is 2. The minimum atomic E-state index is -0.278. The molecule has 1 aromatic rings. The number of allylic oxidation sites excluding steroid dienone is 3. The number of nitrogens with one attached hydrogen (secondary N) is 2. The van der Waals surface area contributed by atoms with E-state index in [4.69, 9.17) is 4.74 Å². The largest absolute Gasteiger partial charge is 0.465 e. The molecule has 5 heteroatoms. The molecule has 4 saturated carbocycles. The van der Waals surface area contributed by atoms with Crippen LogP contribution in [0.2, 0.25) is 0 Å². The Balaban J connectivity index is 1.18. The van der Waals surface area contributed by atoms with E-state index in [1.165, 1.54) is 75.2 Å². The van der Waals surface area contributed by atoms with E-state index < -0.39 is 0 Å². The maximum atomic E-state index is 13.2. The highest BCUT2D eigenvalue weighted by Crippen LogP contribution is 2.77. The van der Waals surface area contributed by atoms with Crippen molar-refractivity contribution in [2.75, 3.05) is 20.2 Å². The van der Waals surface area contributed by atoms with Crippen LogP contribution in [0.4, 0.5) is 0 Å². The maximum absolute atomic E-state index is 13.2. The zero-order valence-electron chi connectivity index (χ0n) is 31.0. The molecule has 0 bridgehead atoms. The van der Waals surface area contributed by atoms with Crippen molar-refractivity contribution < 1.29 is 14.3 Å². The molecule has 1 aromatic carbocycles. The summed E-state index contributed by atoms with van der Waals surface area (Å²) in [5, 5.41) is 6.93. The molecule has 7 rings (SSSR count). The van der Waals surface area contributed by atoms with Crippen molar-refractivity contribution in [3.8, 4) is 0 Å². The third-order valence-electron chi connectivity index (χ3n) is 16.4. The average molecular weight is 655 g/mol. The Morgan fingerprint density at radius 1 is 0.917 bits per heavy atom. The summed E-state index contributed by atoms with van der Waals surface area (Å²) in [7, 11) is 1.44. The van der Waals surface area contributed by atoms with Gasteiger partial charge in [-0.05, 0) is 164 Å². The van der Waals surface area contributed by atoms with Gasteiger partial charge in [0.05, 0.1) is 18.7 Å². The fraction of sp³-hybridized carbons (Fsp3) is 0.721. The molecule has 0 spiro atoms. The molecule has 262 valence electrons. The number of rotatable bonds is 6. The summed E-state index contributed by atoms with van der Waals surface area (Å²) in [6.45, 7) is 21.7. The van der Waals surface area contributed by atoms with Crippen molar-refractivity contribution >= 4 is 17.4 Å². The lowest BCUT2D eigenvalue weighted by atomic mass is 9.32.